The molecule has 0 saturated carbocycles. The molecule has 0 atom stereocenters. The van der Waals surface area contributed by atoms with E-state index < -0.39 is 33.6 Å². The highest BCUT2D eigenvalue weighted by atomic mass is 31.2. The van der Waals surface area contributed by atoms with Crippen LogP contribution in [0.4, 0.5) is 0 Å². The lowest BCUT2D eigenvalue weighted by molar-refractivity contribution is 0.288. The van der Waals surface area contributed by atoms with Gasteiger partial charge in [-0.2, -0.15) is 0 Å². The highest BCUT2D eigenvalue weighted by molar-refractivity contribution is 7.43. The SMILES string of the molecule is C[Si](C)(C)OCc1ccccc1OP(Oc1ccccc1CO[Si](C)(C)C)Oc1ccccc1CO[Si](C)(C)C. The summed E-state index contributed by atoms with van der Waals surface area (Å²) in [6.45, 7) is 21.0. The number of benzene rings is 3. The normalized spacial score (nSPS) is 12.4. The zero-order chi connectivity index (χ0) is 29.4. The van der Waals surface area contributed by atoms with Crippen molar-refractivity contribution < 1.29 is 26.8 Å². The summed E-state index contributed by atoms with van der Waals surface area (Å²) in [5.41, 5.74) is 2.86. The zero-order valence-electron chi connectivity index (χ0n) is 25.4. The summed E-state index contributed by atoms with van der Waals surface area (Å²) in [5, 5.41) is 0. The van der Waals surface area contributed by atoms with Crippen molar-refractivity contribution in [2.75, 3.05) is 0 Å². The number of rotatable bonds is 15. The van der Waals surface area contributed by atoms with Crippen molar-refractivity contribution in [2.45, 2.75) is 78.7 Å². The minimum atomic E-state index is -1.89. The van der Waals surface area contributed by atoms with E-state index in [2.05, 4.69) is 58.9 Å². The van der Waals surface area contributed by atoms with Crippen LogP contribution in [0, 0.1) is 0 Å². The molecule has 0 aliphatic heterocycles. The van der Waals surface area contributed by atoms with Crippen LogP contribution >= 0.6 is 8.60 Å². The van der Waals surface area contributed by atoms with Crippen LogP contribution in [0.25, 0.3) is 0 Å². The standard InChI is InChI=1S/C30H45O6PSi3/c1-38(2,3)31-22-25-16-10-13-19-28(25)34-37(35-29-20-14-11-17-26(29)23-32-39(4,5)6)36-30-21-15-12-18-27(30)24-33-40(7,8)9/h10-21H,22-24H2,1-9H3. The third-order valence-corrected chi connectivity index (χ3v) is 9.49. The second kappa shape index (κ2) is 14.3. The lowest BCUT2D eigenvalue weighted by Gasteiger charge is -2.24. The molecule has 0 bridgehead atoms. The van der Waals surface area contributed by atoms with Gasteiger partial charge in [0.05, 0.1) is 19.8 Å². The maximum Gasteiger partial charge on any atom is 0.530 e. The molecule has 0 aliphatic carbocycles. The van der Waals surface area contributed by atoms with Crippen molar-refractivity contribution >= 4 is 33.6 Å². The Labute approximate surface area is 245 Å². The summed E-state index contributed by atoms with van der Waals surface area (Å²) >= 11 is 0. The second-order valence-electron chi connectivity index (χ2n) is 12.5. The first-order chi connectivity index (χ1) is 18.7. The Balaban J connectivity index is 1.92. The van der Waals surface area contributed by atoms with Gasteiger partial charge in [-0.15, -0.1) is 0 Å². The van der Waals surface area contributed by atoms with Crippen molar-refractivity contribution in [2.24, 2.45) is 0 Å². The van der Waals surface area contributed by atoms with Gasteiger partial charge in [-0.1, -0.05) is 54.6 Å². The molecule has 0 unspecified atom stereocenters. The molecule has 0 saturated heterocycles. The predicted octanol–water partition coefficient (Wildman–Crippen LogP) is 9.50. The maximum atomic E-state index is 6.51. The molecule has 10 heteroatoms. The van der Waals surface area contributed by atoms with Gasteiger partial charge >= 0.3 is 8.60 Å². The first-order valence-electron chi connectivity index (χ1n) is 13.7. The molecule has 0 radical (unpaired) electrons. The van der Waals surface area contributed by atoms with Crippen LogP contribution in [0.3, 0.4) is 0 Å². The first-order valence-corrected chi connectivity index (χ1v) is 25.0. The predicted molar refractivity (Wildman–Crippen MR) is 173 cm³/mol. The molecule has 0 amide bonds. The molecular weight excluding hydrogens is 572 g/mol. The minimum absolute atomic E-state index is 0.469. The van der Waals surface area contributed by atoms with Crippen LogP contribution in [-0.2, 0) is 33.1 Å². The lowest BCUT2D eigenvalue weighted by Crippen LogP contribution is -2.25. The summed E-state index contributed by atoms with van der Waals surface area (Å²) in [6, 6.07) is 23.7. The van der Waals surface area contributed by atoms with Crippen molar-refractivity contribution in [3.63, 3.8) is 0 Å². The topological polar surface area (TPSA) is 55.4 Å². The summed E-state index contributed by atoms with van der Waals surface area (Å²) in [7, 11) is -7.06. The fourth-order valence-corrected chi connectivity index (χ4v) is 6.21. The first kappa shape index (κ1) is 32.5. The molecule has 3 aromatic carbocycles. The molecule has 218 valence electrons. The fourth-order valence-electron chi connectivity index (χ4n) is 3.32. The molecule has 0 fully saturated rings. The quantitative estimate of drug-likeness (QED) is 0.125. The second-order valence-corrected chi connectivity index (χ2v) is 27.1. The van der Waals surface area contributed by atoms with Crippen LogP contribution in [0.2, 0.25) is 58.9 Å². The Morgan fingerprint density at radius 2 is 0.675 bits per heavy atom. The van der Waals surface area contributed by atoms with Crippen LogP contribution in [-0.4, -0.2) is 25.0 Å². The summed E-state index contributed by atoms with van der Waals surface area (Å²) in [6.07, 6.45) is 0. The van der Waals surface area contributed by atoms with Crippen molar-refractivity contribution in [3.05, 3.63) is 89.5 Å². The average molecular weight is 617 g/mol. The molecule has 0 heterocycles. The van der Waals surface area contributed by atoms with E-state index in [-0.39, 0.29) is 0 Å². The van der Waals surface area contributed by atoms with E-state index in [4.69, 9.17) is 26.8 Å². The number of hydrogen-bond acceptors (Lipinski definition) is 6. The summed E-state index contributed by atoms with van der Waals surface area (Å²) in [5.74, 6) is 2.04. The van der Waals surface area contributed by atoms with E-state index in [1.807, 2.05) is 72.8 Å². The van der Waals surface area contributed by atoms with Gasteiger partial charge in [-0.25, -0.2) is 0 Å². The van der Waals surface area contributed by atoms with Crippen LogP contribution in [0.15, 0.2) is 72.8 Å². The molecule has 6 nitrogen and oxygen atoms in total. The maximum absolute atomic E-state index is 6.51. The van der Waals surface area contributed by atoms with E-state index in [0.717, 1.165) is 16.7 Å². The molecule has 0 aliphatic rings. The van der Waals surface area contributed by atoms with Gasteiger partial charge in [0, 0.05) is 16.7 Å². The van der Waals surface area contributed by atoms with Gasteiger partial charge in [0.2, 0.25) is 0 Å². The molecule has 3 rings (SSSR count). The van der Waals surface area contributed by atoms with E-state index in [9.17, 15) is 0 Å². The third kappa shape index (κ3) is 11.9. The van der Waals surface area contributed by atoms with Gasteiger partial charge in [-0.05, 0) is 77.1 Å². The van der Waals surface area contributed by atoms with Gasteiger partial charge < -0.3 is 26.8 Å². The highest BCUT2D eigenvalue weighted by Gasteiger charge is 2.26. The largest absolute Gasteiger partial charge is 0.530 e. The minimum Gasteiger partial charge on any atom is -0.413 e. The molecule has 0 spiro atoms. The number of para-hydroxylation sites is 3. The van der Waals surface area contributed by atoms with Gasteiger partial charge in [0.1, 0.15) is 17.2 Å². The van der Waals surface area contributed by atoms with E-state index in [1.165, 1.54) is 0 Å². The zero-order valence-corrected chi connectivity index (χ0v) is 29.3. The Morgan fingerprint density at radius 3 is 0.925 bits per heavy atom. The van der Waals surface area contributed by atoms with Crippen molar-refractivity contribution in [1.82, 2.24) is 0 Å². The monoisotopic (exact) mass is 616 g/mol. The van der Waals surface area contributed by atoms with Crippen LogP contribution in [0.5, 0.6) is 17.2 Å². The highest BCUT2D eigenvalue weighted by Crippen LogP contribution is 2.45. The van der Waals surface area contributed by atoms with Crippen LogP contribution < -0.4 is 13.6 Å². The van der Waals surface area contributed by atoms with Gasteiger partial charge in [-0.3, -0.25) is 0 Å². The smallest absolute Gasteiger partial charge is 0.413 e. The van der Waals surface area contributed by atoms with Gasteiger partial charge in [0.15, 0.2) is 25.0 Å². The molecule has 40 heavy (non-hydrogen) atoms. The fraction of sp³-hybridized carbons (Fsp3) is 0.400. The van der Waals surface area contributed by atoms with Crippen LogP contribution in [0.1, 0.15) is 16.7 Å². The molecule has 0 N–H and O–H groups in total. The summed E-state index contributed by atoms with van der Waals surface area (Å²) in [4.78, 5) is 0. The van der Waals surface area contributed by atoms with Gasteiger partial charge in [0.25, 0.3) is 0 Å². The summed E-state index contributed by atoms with van der Waals surface area (Å²) < 4.78 is 38.1. The molecule has 3 aromatic rings. The lowest BCUT2D eigenvalue weighted by atomic mass is 10.2. The van der Waals surface area contributed by atoms with E-state index in [0.29, 0.717) is 37.1 Å². The average Bonchev–Trinajstić information content (AvgIpc) is 2.85. The van der Waals surface area contributed by atoms with E-state index >= 15 is 0 Å². The Bertz CT molecular complexity index is 1070. The Morgan fingerprint density at radius 1 is 0.425 bits per heavy atom. The molecule has 0 aromatic heterocycles. The Kier molecular flexibility index (Phi) is 11.6. The third-order valence-electron chi connectivity index (χ3n) is 5.42. The van der Waals surface area contributed by atoms with Crippen molar-refractivity contribution in [3.8, 4) is 17.2 Å². The van der Waals surface area contributed by atoms with Crippen molar-refractivity contribution in [1.29, 1.82) is 0 Å². The van der Waals surface area contributed by atoms with E-state index in [1.54, 1.807) is 0 Å². The Hall–Kier alpha value is -1.98. The number of hydrogen-bond donors (Lipinski definition) is 0. The molecular formula is C30H45O6PSi3.